The molecule has 0 saturated carbocycles. The number of aromatic nitrogens is 2. The van der Waals surface area contributed by atoms with Gasteiger partial charge in [0.1, 0.15) is 5.82 Å². The fraction of sp³-hybridized carbons (Fsp3) is 0.643. The molecule has 0 N–H and O–H groups in total. The minimum absolute atomic E-state index is 0.584. The average Bonchev–Trinajstić information content (AvgIpc) is 2.80. The molecule has 0 spiro atoms. The van der Waals surface area contributed by atoms with E-state index in [0.717, 1.165) is 39.3 Å². The molecule has 1 fully saturated rings. The van der Waals surface area contributed by atoms with Gasteiger partial charge >= 0.3 is 0 Å². The maximum Gasteiger partial charge on any atom is 0.122 e. The lowest BCUT2D eigenvalue weighted by Crippen LogP contribution is -2.51. The summed E-state index contributed by atoms with van der Waals surface area (Å²) in [6, 6.07) is 0.584. The van der Waals surface area contributed by atoms with Crippen LogP contribution in [0.15, 0.2) is 25.0 Å². The second-order valence-electron chi connectivity index (χ2n) is 5.00. The Morgan fingerprint density at radius 3 is 3.00 bits per heavy atom. The molecule has 2 heterocycles. The normalized spacial score (nSPS) is 22.2. The molecule has 1 aliphatic rings. The van der Waals surface area contributed by atoms with Crippen molar-refractivity contribution in [1.82, 2.24) is 19.4 Å². The summed E-state index contributed by atoms with van der Waals surface area (Å²) >= 11 is 0. The summed E-state index contributed by atoms with van der Waals surface area (Å²) < 4.78 is 2.23. The quantitative estimate of drug-likeness (QED) is 0.740. The Kier molecular flexibility index (Phi) is 4.55. The fourth-order valence-corrected chi connectivity index (χ4v) is 2.62. The van der Waals surface area contributed by atoms with Gasteiger partial charge < -0.3 is 4.57 Å². The molecule has 4 heteroatoms. The SMILES string of the molecule is C=CCN1CCN(Cc2nccn2CC)C(C)C1. The molecule has 1 aromatic heterocycles. The molecule has 1 aromatic rings. The second-order valence-corrected chi connectivity index (χ2v) is 5.00. The summed E-state index contributed by atoms with van der Waals surface area (Å²) in [5.41, 5.74) is 0. The zero-order chi connectivity index (χ0) is 13.0. The van der Waals surface area contributed by atoms with Crippen LogP contribution in [0.1, 0.15) is 19.7 Å². The van der Waals surface area contributed by atoms with Crippen molar-refractivity contribution in [2.24, 2.45) is 0 Å². The molecule has 0 amide bonds. The Hall–Kier alpha value is -1.13. The monoisotopic (exact) mass is 248 g/mol. The van der Waals surface area contributed by atoms with Crippen molar-refractivity contribution in [3.63, 3.8) is 0 Å². The van der Waals surface area contributed by atoms with Crippen LogP contribution in [0, 0.1) is 0 Å². The van der Waals surface area contributed by atoms with E-state index in [1.165, 1.54) is 5.82 Å². The van der Waals surface area contributed by atoms with Crippen LogP contribution >= 0.6 is 0 Å². The predicted octanol–water partition coefficient (Wildman–Crippen LogP) is 1.60. The van der Waals surface area contributed by atoms with Crippen LogP contribution in [-0.2, 0) is 13.1 Å². The molecule has 4 nitrogen and oxygen atoms in total. The minimum Gasteiger partial charge on any atom is -0.334 e. The summed E-state index contributed by atoms with van der Waals surface area (Å²) in [5.74, 6) is 1.18. The van der Waals surface area contributed by atoms with Crippen molar-refractivity contribution in [2.45, 2.75) is 33.0 Å². The standard InChI is InChI=1S/C14H24N4/c1-4-7-16-9-10-18(13(3)11-16)12-14-15-6-8-17(14)5-2/h4,6,8,13H,1,5,7,9-12H2,2-3H3. The van der Waals surface area contributed by atoms with Crippen LogP contribution < -0.4 is 0 Å². The number of nitrogens with zero attached hydrogens (tertiary/aromatic N) is 4. The van der Waals surface area contributed by atoms with E-state index in [1.54, 1.807) is 0 Å². The molecular weight excluding hydrogens is 224 g/mol. The molecule has 0 radical (unpaired) electrons. The summed E-state index contributed by atoms with van der Waals surface area (Å²) in [5, 5.41) is 0. The van der Waals surface area contributed by atoms with E-state index in [2.05, 4.69) is 46.0 Å². The van der Waals surface area contributed by atoms with E-state index in [-0.39, 0.29) is 0 Å². The Labute approximate surface area is 110 Å². The highest BCUT2D eigenvalue weighted by Crippen LogP contribution is 2.13. The third kappa shape index (κ3) is 3.00. The van der Waals surface area contributed by atoms with E-state index in [9.17, 15) is 0 Å². The van der Waals surface area contributed by atoms with Gasteiger partial charge in [0.2, 0.25) is 0 Å². The van der Waals surface area contributed by atoms with Crippen molar-refractivity contribution >= 4 is 0 Å². The Bertz CT molecular complexity index is 385. The zero-order valence-electron chi connectivity index (χ0n) is 11.5. The lowest BCUT2D eigenvalue weighted by molar-refractivity contribution is 0.0820. The van der Waals surface area contributed by atoms with Gasteiger partial charge in [-0.1, -0.05) is 6.08 Å². The van der Waals surface area contributed by atoms with E-state index < -0.39 is 0 Å². The number of rotatable bonds is 5. The average molecular weight is 248 g/mol. The Morgan fingerprint density at radius 1 is 1.50 bits per heavy atom. The first-order valence-electron chi connectivity index (χ1n) is 6.82. The molecule has 0 aromatic carbocycles. The van der Waals surface area contributed by atoms with Crippen molar-refractivity contribution < 1.29 is 0 Å². The van der Waals surface area contributed by atoms with Crippen LogP contribution in [0.3, 0.4) is 0 Å². The van der Waals surface area contributed by atoms with E-state index in [4.69, 9.17) is 0 Å². The lowest BCUT2D eigenvalue weighted by Gasteiger charge is -2.39. The molecule has 1 aliphatic heterocycles. The molecular formula is C14H24N4. The number of hydrogen-bond acceptors (Lipinski definition) is 3. The van der Waals surface area contributed by atoms with Gasteiger partial charge in [0.15, 0.2) is 0 Å². The molecule has 100 valence electrons. The number of piperazine rings is 1. The fourth-order valence-electron chi connectivity index (χ4n) is 2.62. The summed E-state index contributed by atoms with van der Waals surface area (Å²) in [6.45, 7) is 14.6. The first-order valence-corrected chi connectivity index (χ1v) is 6.82. The number of hydrogen-bond donors (Lipinski definition) is 0. The van der Waals surface area contributed by atoms with Gasteiger partial charge in [0, 0.05) is 51.2 Å². The van der Waals surface area contributed by atoms with Crippen molar-refractivity contribution in [1.29, 1.82) is 0 Å². The van der Waals surface area contributed by atoms with Gasteiger partial charge in [-0.05, 0) is 13.8 Å². The first-order chi connectivity index (χ1) is 8.74. The maximum absolute atomic E-state index is 4.46. The molecule has 2 rings (SSSR count). The van der Waals surface area contributed by atoms with Crippen LogP contribution in [-0.4, -0.2) is 51.6 Å². The summed E-state index contributed by atoms with van der Waals surface area (Å²) in [4.78, 5) is 9.44. The second kappa shape index (κ2) is 6.16. The largest absolute Gasteiger partial charge is 0.334 e. The first kappa shape index (κ1) is 13.3. The highest BCUT2D eigenvalue weighted by molar-refractivity contribution is 4.94. The van der Waals surface area contributed by atoms with Crippen molar-refractivity contribution in [3.8, 4) is 0 Å². The van der Waals surface area contributed by atoms with Crippen LogP contribution in [0.4, 0.5) is 0 Å². The molecule has 0 aliphatic carbocycles. The number of aryl methyl sites for hydroxylation is 1. The maximum atomic E-state index is 4.46. The van der Waals surface area contributed by atoms with E-state index >= 15 is 0 Å². The van der Waals surface area contributed by atoms with Crippen molar-refractivity contribution in [2.75, 3.05) is 26.2 Å². The third-order valence-electron chi connectivity index (χ3n) is 3.72. The van der Waals surface area contributed by atoms with Gasteiger partial charge in [-0.15, -0.1) is 6.58 Å². The van der Waals surface area contributed by atoms with Crippen LogP contribution in [0.2, 0.25) is 0 Å². The highest BCUT2D eigenvalue weighted by atomic mass is 15.3. The molecule has 0 bridgehead atoms. The smallest absolute Gasteiger partial charge is 0.122 e. The predicted molar refractivity (Wildman–Crippen MR) is 74.4 cm³/mol. The zero-order valence-corrected chi connectivity index (χ0v) is 11.5. The summed E-state index contributed by atoms with van der Waals surface area (Å²) in [7, 11) is 0. The number of imidazole rings is 1. The van der Waals surface area contributed by atoms with Crippen LogP contribution in [0.25, 0.3) is 0 Å². The van der Waals surface area contributed by atoms with Gasteiger partial charge in [0.25, 0.3) is 0 Å². The molecule has 1 atom stereocenters. The van der Waals surface area contributed by atoms with Crippen molar-refractivity contribution in [3.05, 3.63) is 30.9 Å². The van der Waals surface area contributed by atoms with Gasteiger partial charge in [-0.2, -0.15) is 0 Å². The molecule has 18 heavy (non-hydrogen) atoms. The molecule has 1 unspecified atom stereocenters. The van der Waals surface area contributed by atoms with Gasteiger partial charge in [0.05, 0.1) is 6.54 Å². The highest BCUT2D eigenvalue weighted by Gasteiger charge is 2.23. The van der Waals surface area contributed by atoms with Crippen LogP contribution in [0.5, 0.6) is 0 Å². The van der Waals surface area contributed by atoms with E-state index in [0.29, 0.717) is 6.04 Å². The molecule has 1 saturated heterocycles. The Balaban J connectivity index is 1.93. The Morgan fingerprint density at radius 2 is 2.33 bits per heavy atom. The topological polar surface area (TPSA) is 24.3 Å². The lowest BCUT2D eigenvalue weighted by atomic mass is 10.2. The minimum atomic E-state index is 0.584. The third-order valence-corrected chi connectivity index (χ3v) is 3.72. The van der Waals surface area contributed by atoms with Gasteiger partial charge in [-0.25, -0.2) is 4.98 Å². The summed E-state index contributed by atoms with van der Waals surface area (Å²) in [6.07, 6.45) is 5.96. The van der Waals surface area contributed by atoms with E-state index in [1.807, 2.05) is 12.3 Å². The van der Waals surface area contributed by atoms with Gasteiger partial charge in [-0.3, -0.25) is 9.80 Å².